The average molecular weight is 209 g/mol. The molecule has 0 aromatic heterocycles. The minimum Gasteiger partial charge on any atom is -0.212 e. The summed E-state index contributed by atoms with van der Waals surface area (Å²) in [5, 5.41) is 0. The number of thiol groups is 1. The zero-order chi connectivity index (χ0) is 9.03. The van der Waals surface area contributed by atoms with Gasteiger partial charge >= 0.3 is 0 Å². The molecule has 0 unspecified atom stereocenters. The Hall–Kier alpha value is 0.260. The molecule has 0 radical (unpaired) electrons. The molecule has 72 valence electrons. The third kappa shape index (κ3) is 2.64. The summed E-state index contributed by atoms with van der Waals surface area (Å²) in [4.78, 5) is 0. The predicted molar refractivity (Wildman–Crippen MR) is 53.1 cm³/mol. The number of rotatable bonds is 4. The van der Waals surface area contributed by atoms with Gasteiger partial charge in [0.15, 0.2) is 0 Å². The van der Waals surface area contributed by atoms with Crippen molar-refractivity contribution in [1.29, 1.82) is 0 Å². The first-order valence-electron chi connectivity index (χ1n) is 4.25. The van der Waals surface area contributed by atoms with E-state index in [1.807, 2.05) is 0 Å². The fourth-order valence-corrected chi connectivity index (χ4v) is 3.13. The van der Waals surface area contributed by atoms with Crippen LogP contribution in [-0.4, -0.2) is 37.3 Å². The number of hydrogen-bond donors (Lipinski definition) is 1. The van der Waals surface area contributed by atoms with Crippen LogP contribution in [-0.2, 0) is 10.0 Å². The number of sulfonamides is 1. The van der Waals surface area contributed by atoms with E-state index in [0.29, 0.717) is 12.3 Å². The molecule has 0 amide bonds. The van der Waals surface area contributed by atoms with Crippen LogP contribution in [0.4, 0.5) is 0 Å². The second-order valence-corrected chi connectivity index (χ2v) is 5.54. The van der Waals surface area contributed by atoms with Crippen molar-refractivity contribution in [3.63, 3.8) is 0 Å². The van der Waals surface area contributed by atoms with Gasteiger partial charge in [0.1, 0.15) is 0 Å². The van der Waals surface area contributed by atoms with E-state index in [-0.39, 0.29) is 0 Å². The normalized spacial score (nSPS) is 23.1. The maximum Gasteiger partial charge on any atom is 0.214 e. The van der Waals surface area contributed by atoms with Crippen LogP contribution in [0.2, 0.25) is 0 Å². The summed E-state index contributed by atoms with van der Waals surface area (Å²) in [6, 6.07) is 0. The van der Waals surface area contributed by atoms with Crippen LogP contribution in [0.3, 0.4) is 0 Å². The van der Waals surface area contributed by atoms with E-state index in [1.54, 1.807) is 4.31 Å². The van der Waals surface area contributed by atoms with Gasteiger partial charge < -0.3 is 0 Å². The Kier molecular flexibility index (Phi) is 3.86. The molecule has 0 saturated carbocycles. The molecule has 1 saturated heterocycles. The van der Waals surface area contributed by atoms with Gasteiger partial charge in [0, 0.05) is 13.1 Å². The third-order valence-electron chi connectivity index (χ3n) is 2.02. The first-order valence-corrected chi connectivity index (χ1v) is 6.49. The highest BCUT2D eigenvalue weighted by Gasteiger charge is 2.26. The van der Waals surface area contributed by atoms with Crippen LogP contribution in [0.15, 0.2) is 0 Å². The minimum absolute atomic E-state index is 0.341. The lowest BCUT2D eigenvalue weighted by molar-refractivity contribution is 0.434. The third-order valence-corrected chi connectivity index (χ3v) is 4.29. The molecule has 0 aromatic rings. The fraction of sp³-hybridized carbons (Fsp3) is 1.00. The molecule has 12 heavy (non-hydrogen) atoms. The average Bonchev–Trinajstić information content (AvgIpc) is 2.32. The monoisotopic (exact) mass is 209 g/mol. The van der Waals surface area contributed by atoms with Crippen LogP contribution >= 0.6 is 12.6 Å². The lowest BCUT2D eigenvalue weighted by Gasteiger charge is -2.12. The molecule has 3 nitrogen and oxygen atoms in total. The van der Waals surface area contributed by atoms with Crippen LogP contribution in [0, 0.1) is 0 Å². The highest BCUT2D eigenvalue weighted by atomic mass is 32.2. The molecule has 1 aliphatic rings. The van der Waals surface area contributed by atoms with Crippen molar-refractivity contribution >= 4 is 22.7 Å². The highest BCUT2D eigenvalue weighted by Crippen LogP contribution is 2.13. The molecule has 0 spiro atoms. The van der Waals surface area contributed by atoms with Gasteiger partial charge in [-0.1, -0.05) is 0 Å². The quantitative estimate of drug-likeness (QED) is 0.547. The maximum atomic E-state index is 11.3. The van der Waals surface area contributed by atoms with E-state index < -0.39 is 10.0 Å². The molecular weight excluding hydrogens is 194 g/mol. The summed E-state index contributed by atoms with van der Waals surface area (Å²) in [6.07, 6.45) is 2.72. The molecule has 0 bridgehead atoms. The van der Waals surface area contributed by atoms with Crippen molar-refractivity contribution in [2.75, 3.05) is 24.6 Å². The minimum atomic E-state index is -2.86. The zero-order valence-corrected chi connectivity index (χ0v) is 8.78. The molecule has 1 aliphatic heterocycles. The summed E-state index contributed by atoms with van der Waals surface area (Å²) in [6.45, 7) is 1.40. The maximum absolute atomic E-state index is 11.3. The molecule has 1 heterocycles. The molecule has 0 N–H and O–H groups in total. The first-order chi connectivity index (χ1) is 5.67. The second kappa shape index (κ2) is 4.48. The van der Waals surface area contributed by atoms with E-state index in [1.165, 1.54) is 0 Å². The standard InChI is InChI=1S/C7H15NO2S2/c9-12(10)7-3-5-8(12)4-1-2-6-11/h11H,1-7H2. The molecule has 0 aliphatic carbocycles. The topological polar surface area (TPSA) is 37.4 Å². The van der Waals surface area contributed by atoms with E-state index in [2.05, 4.69) is 12.6 Å². The summed E-state index contributed by atoms with van der Waals surface area (Å²) >= 11 is 4.07. The summed E-state index contributed by atoms with van der Waals surface area (Å²) < 4.78 is 24.1. The van der Waals surface area contributed by atoms with E-state index >= 15 is 0 Å². The molecule has 1 fully saturated rings. The first kappa shape index (κ1) is 10.3. The second-order valence-electron chi connectivity index (χ2n) is 3.00. The largest absolute Gasteiger partial charge is 0.214 e. The molecule has 0 aromatic carbocycles. The van der Waals surface area contributed by atoms with Gasteiger partial charge in [0.2, 0.25) is 10.0 Å². The van der Waals surface area contributed by atoms with Crippen molar-refractivity contribution in [3.8, 4) is 0 Å². The lowest BCUT2D eigenvalue weighted by atomic mass is 10.3. The number of nitrogens with zero attached hydrogens (tertiary/aromatic N) is 1. The van der Waals surface area contributed by atoms with Crippen LogP contribution < -0.4 is 0 Å². The van der Waals surface area contributed by atoms with Crippen LogP contribution in [0.5, 0.6) is 0 Å². The number of unbranched alkanes of at least 4 members (excludes halogenated alkanes) is 1. The number of hydrogen-bond acceptors (Lipinski definition) is 3. The van der Waals surface area contributed by atoms with Crippen LogP contribution in [0.25, 0.3) is 0 Å². The Labute approximate surface area is 79.6 Å². The van der Waals surface area contributed by atoms with Gasteiger partial charge in [0.05, 0.1) is 5.75 Å². The lowest BCUT2D eigenvalue weighted by Crippen LogP contribution is -2.26. The zero-order valence-electron chi connectivity index (χ0n) is 7.07. The van der Waals surface area contributed by atoms with Crippen molar-refractivity contribution in [2.24, 2.45) is 0 Å². The van der Waals surface area contributed by atoms with E-state index in [4.69, 9.17) is 0 Å². The van der Waals surface area contributed by atoms with Gasteiger partial charge in [-0.05, 0) is 25.0 Å². The Bertz CT molecular complexity index is 226. The van der Waals surface area contributed by atoms with Crippen molar-refractivity contribution in [3.05, 3.63) is 0 Å². The smallest absolute Gasteiger partial charge is 0.212 e. The molecule has 5 heteroatoms. The van der Waals surface area contributed by atoms with Crippen molar-refractivity contribution < 1.29 is 8.42 Å². The van der Waals surface area contributed by atoms with Crippen molar-refractivity contribution in [1.82, 2.24) is 4.31 Å². The summed E-state index contributed by atoms with van der Waals surface area (Å²) in [5.74, 6) is 1.18. The predicted octanol–water partition coefficient (Wildman–Crippen LogP) is 0.732. The Morgan fingerprint density at radius 3 is 2.58 bits per heavy atom. The Balaban J connectivity index is 2.32. The van der Waals surface area contributed by atoms with E-state index in [0.717, 1.165) is 31.6 Å². The van der Waals surface area contributed by atoms with Crippen molar-refractivity contribution in [2.45, 2.75) is 19.3 Å². The van der Waals surface area contributed by atoms with Gasteiger partial charge in [-0.15, -0.1) is 0 Å². The molecular formula is C7H15NO2S2. The van der Waals surface area contributed by atoms with Gasteiger partial charge in [-0.2, -0.15) is 12.6 Å². The van der Waals surface area contributed by atoms with Gasteiger partial charge in [0.25, 0.3) is 0 Å². The summed E-state index contributed by atoms with van der Waals surface area (Å²) in [5.41, 5.74) is 0. The fourth-order valence-electron chi connectivity index (χ4n) is 1.34. The SMILES string of the molecule is O=S1(=O)CCCN1CCCCS. The highest BCUT2D eigenvalue weighted by molar-refractivity contribution is 7.89. The molecule has 0 atom stereocenters. The van der Waals surface area contributed by atoms with E-state index in [9.17, 15) is 8.42 Å². The van der Waals surface area contributed by atoms with Gasteiger partial charge in [-0.25, -0.2) is 12.7 Å². The molecule has 1 rings (SSSR count). The summed E-state index contributed by atoms with van der Waals surface area (Å²) in [7, 11) is -2.86. The Morgan fingerprint density at radius 2 is 2.08 bits per heavy atom. The van der Waals surface area contributed by atoms with Crippen LogP contribution in [0.1, 0.15) is 19.3 Å². The van der Waals surface area contributed by atoms with Gasteiger partial charge in [-0.3, -0.25) is 0 Å². The Morgan fingerprint density at radius 1 is 1.33 bits per heavy atom.